The van der Waals surface area contributed by atoms with Crippen LogP contribution in [-0.2, 0) is 20.7 Å². The molecule has 8 heteroatoms. The van der Waals surface area contributed by atoms with Crippen LogP contribution >= 0.6 is 11.6 Å². The highest BCUT2D eigenvalue weighted by Gasteiger charge is 2.13. The second kappa shape index (κ2) is 9.68. The average Bonchev–Trinajstić information content (AvgIpc) is 2.66. The van der Waals surface area contributed by atoms with Gasteiger partial charge in [-0.15, -0.1) is 0 Å². The van der Waals surface area contributed by atoms with Gasteiger partial charge in [-0.25, -0.2) is 0 Å². The third-order valence-electron chi connectivity index (χ3n) is 3.61. The summed E-state index contributed by atoms with van der Waals surface area (Å²) in [5.74, 6) is 0.482. The number of hydrogen-bond donors (Lipinski definition) is 1. The van der Waals surface area contributed by atoms with E-state index in [4.69, 9.17) is 30.5 Å². The largest absolute Gasteiger partial charge is 0.496 e. The van der Waals surface area contributed by atoms with E-state index in [0.717, 1.165) is 0 Å². The third-order valence-corrected chi connectivity index (χ3v) is 3.84. The van der Waals surface area contributed by atoms with E-state index in [1.54, 1.807) is 36.4 Å². The van der Waals surface area contributed by atoms with Gasteiger partial charge in [-0.05, 0) is 30.3 Å². The zero-order valence-corrected chi connectivity index (χ0v) is 16.0. The first-order valence-corrected chi connectivity index (χ1v) is 8.34. The lowest BCUT2D eigenvalue weighted by molar-refractivity contribution is -0.146. The summed E-state index contributed by atoms with van der Waals surface area (Å²) < 4.78 is 20.5. The van der Waals surface area contributed by atoms with Gasteiger partial charge in [0, 0.05) is 22.3 Å². The molecule has 2 rings (SSSR count). The Balaban J connectivity index is 1.90. The van der Waals surface area contributed by atoms with Crippen molar-refractivity contribution in [3.8, 4) is 17.2 Å². The molecular formula is C19H20ClNO6. The first-order valence-electron chi connectivity index (χ1n) is 7.96. The van der Waals surface area contributed by atoms with E-state index in [2.05, 4.69) is 5.32 Å². The molecule has 0 fully saturated rings. The average molecular weight is 394 g/mol. The summed E-state index contributed by atoms with van der Waals surface area (Å²) in [6, 6.07) is 9.85. The van der Waals surface area contributed by atoms with Crippen LogP contribution in [0.4, 0.5) is 5.69 Å². The summed E-state index contributed by atoms with van der Waals surface area (Å²) in [5, 5.41) is 3.10. The maximum atomic E-state index is 12.0. The quantitative estimate of drug-likeness (QED) is 0.694. The number of methoxy groups -OCH3 is 3. The number of nitrogens with one attached hydrogen (secondary N) is 1. The molecule has 2 aromatic carbocycles. The molecule has 0 heterocycles. The van der Waals surface area contributed by atoms with E-state index in [-0.39, 0.29) is 6.42 Å². The molecule has 0 saturated carbocycles. The van der Waals surface area contributed by atoms with E-state index < -0.39 is 18.5 Å². The molecule has 27 heavy (non-hydrogen) atoms. The maximum absolute atomic E-state index is 12.0. The summed E-state index contributed by atoms with van der Waals surface area (Å²) in [5.41, 5.74) is 1.07. The van der Waals surface area contributed by atoms with Gasteiger partial charge < -0.3 is 24.3 Å². The summed E-state index contributed by atoms with van der Waals surface area (Å²) in [7, 11) is 4.51. The van der Waals surface area contributed by atoms with Crippen molar-refractivity contribution >= 4 is 29.2 Å². The van der Waals surface area contributed by atoms with Crippen molar-refractivity contribution in [2.45, 2.75) is 6.42 Å². The van der Waals surface area contributed by atoms with Crippen molar-refractivity contribution in [2.24, 2.45) is 0 Å². The lowest BCUT2D eigenvalue weighted by Crippen LogP contribution is -2.21. The predicted molar refractivity (Wildman–Crippen MR) is 101 cm³/mol. The van der Waals surface area contributed by atoms with Gasteiger partial charge in [0.25, 0.3) is 5.91 Å². The number of amides is 1. The molecule has 0 bridgehead atoms. The van der Waals surface area contributed by atoms with Gasteiger partial charge in [0.15, 0.2) is 18.1 Å². The van der Waals surface area contributed by atoms with Crippen molar-refractivity contribution in [3.05, 3.63) is 47.0 Å². The number of hydrogen-bond acceptors (Lipinski definition) is 6. The van der Waals surface area contributed by atoms with E-state index >= 15 is 0 Å². The zero-order chi connectivity index (χ0) is 19.8. The first kappa shape index (κ1) is 20.4. The van der Waals surface area contributed by atoms with Crippen LogP contribution in [0, 0.1) is 0 Å². The van der Waals surface area contributed by atoms with E-state index in [1.807, 2.05) is 0 Å². The Kier molecular flexibility index (Phi) is 7.31. The fourth-order valence-corrected chi connectivity index (χ4v) is 2.54. The van der Waals surface area contributed by atoms with Crippen LogP contribution in [0.2, 0.25) is 5.02 Å². The second-order valence-corrected chi connectivity index (χ2v) is 5.85. The molecule has 7 nitrogen and oxygen atoms in total. The minimum absolute atomic E-state index is 0.0621. The number of ether oxygens (including phenoxy) is 4. The minimum atomic E-state index is -0.571. The van der Waals surface area contributed by atoms with Gasteiger partial charge in [0.2, 0.25) is 0 Å². The Morgan fingerprint density at radius 3 is 2.26 bits per heavy atom. The molecule has 0 atom stereocenters. The molecule has 0 aliphatic heterocycles. The van der Waals surface area contributed by atoms with Crippen LogP contribution in [0.3, 0.4) is 0 Å². The van der Waals surface area contributed by atoms with Crippen molar-refractivity contribution in [1.82, 2.24) is 0 Å². The molecule has 1 N–H and O–H groups in total. The van der Waals surface area contributed by atoms with Crippen molar-refractivity contribution in [1.29, 1.82) is 0 Å². The number of rotatable bonds is 8. The summed E-state index contributed by atoms with van der Waals surface area (Å²) in [4.78, 5) is 24.0. The number of esters is 1. The molecule has 0 saturated heterocycles. The van der Waals surface area contributed by atoms with Crippen LogP contribution in [0.15, 0.2) is 36.4 Å². The van der Waals surface area contributed by atoms with E-state index in [9.17, 15) is 9.59 Å². The SMILES string of the molecule is COc1ccc(Cl)cc1CC(=O)OCC(=O)Nc1ccc(OC)c(OC)c1. The zero-order valence-electron chi connectivity index (χ0n) is 15.2. The first-order chi connectivity index (χ1) is 13.0. The number of anilines is 1. The van der Waals surface area contributed by atoms with Gasteiger partial charge in [0.05, 0.1) is 27.8 Å². The number of halogens is 1. The van der Waals surface area contributed by atoms with Crippen LogP contribution in [0.1, 0.15) is 5.56 Å². The fourth-order valence-electron chi connectivity index (χ4n) is 2.35. The Morgan fingerprint density at radius 2 is 1.59 bits per heavy atom. The Morgan fingerprint density at radius 1 is 0.926 bits per heavy atom. The number of carbonyl (C=O) groups excluding carboxylic acids is 2. The molecule has 0 radical (unpaired) electrons. The summed E-state index contributed by atoms with van der Waals surface area (Å²) in [6.45, 7) is -0.421. The predicted octanol–water partition coefficient (Wildman–Crippen LogP) is 3.09. The summed E-state index contributed by atoms with van der Waals surface area (Å²) in [6.07, 6.45) is -0.0621. The monoisotopic (exact) mass is 393 g/mol. The molecular weight excluding hydrogens is 374 g/mol. The molecule has 0 aliphatic carbocycles. The van der Waals surface area contributed by atoms with Gasteiger partial charge in [-0.2, -0.15) is 0 Å². The highest BCUT2D eigenvalue weighted by Crippen LogP contribution is 2.29. The molecule has 0 unspecified atom stereocenters. The molecule has 2 aromatic rings. The Hall–Kier alpha value is -2.93. The molecule has 0 aliphatic rings. The van der Waals surface area contributed by atoms with Gasteiger partial charge in [0.1, 0.15) is 5.75 Å². The van der Waals surface area contributed by atoms with E-state index in [1.165, 1.54) is 21.3 Å². The lowest BCUT2D eigenvalue weighted by Gasteiger charge is -2.11. The topological polar surface area (TPSA) is 83.1 Å². The molecule has 144 valence electrons. The Labute approximate surface area is 162 Å². The highest BCUT2D eigenvalue weighted by molar-refractivity contribution is 6.30. The number of benzene rings is 2. The van der Waals surface area contributed by atoms with Crippen LogP contribution in [0.25, 0.3) is 0 Å². The fraction of sp³-hybridized carbons (Fsp3) is 0.263. The summed E-state index contributed by atoms with van der Waals surface area (Å²) >= 11 is 5.93. The highest BCUT2D eigenvalue weighted by atomic mass is 35.5. The second-order valence-electron chi connectivity index (χ2n) is 5.41. The van der Waals surface area contributed by atoms with Crippen LogP contribution < -0.4 is 19.5 Å². The van der Waals surface area contributed by atoms with Crippen LogP contribution in [0.5, 0.6) is 17.2 Å². The molecule has 0 aromatic heterocycles. The van der Waals surface area contributed by atoms with Crippen LogP contribution in [-0.4, -0.2) is 39.8 Å². The Bertz CT molecular complexity index is 824. The van der Waals surface area contributed by atoms with Crippen molar-refractivity contribution in [2.75, 3.05) is 33.3 Å². The third kappa shape index (κ3) is 5.79. The van der Waals surface area contributed by atoms with E-state index in [0.29, 0.717) is 33.5 Å². The maximum Gasteiger partial charge on any atom is 0.310 e. The van der Waals surface area contributed by atoms with Gasteiger partial charge >= 0.3 is 5.97 Å². The molecule has 1 amide bonds. The number of carbonyl (C=O) groups is 2. The van der Waals surface area contributed by atoms with Gasteiger partial charge in [-0.1, -0.05) is 11.6 Å². The minimum Gasteiger partial charge on any atom is -0.496 e. The van der Waals surface area contributed by atoms with Gasteiger partial charge in [-0.3, -0.25) is 9.59 Å². The van der Waals surface area contributed by atoms with Crippen molar-refractivity contribution in [3.63, 3.8) is 0 Å². The van der Waals surface area contributed by atoms with Crippen molar-refractivity contribution < 1.29 is 28.5 Å². The lowest BCUT2D eigenvalue weighted by atomic mass is 10.1. The molecule has 0 spiro atoms. The standard InChI is InChI=1S/C19H20ClNO6/c1-24-15-6-4-13(20)8-12(15)9-19(23)27-11-18(22)21-14-5-7-16(25-2)17(10-14)26-3/h4-8,10H,9,11H2,1-3H3,(H,21,22). The smallest absolute Gasteiger partial charge is 0.310 e. The normalized spacial score (nSPS) is 10.1.